The molecule has 1 saturated heterocycles. The molecular weight excluding hydrogens is 266 g/mol. The third-order valence-electron chi connectivity index (χ3n) is 3.55. The lowest BCUT2D eigenvalue weighted by atomic mass is 10.1. The van der Waals surface area contributed by atoms with Crippen molar-refractivity contribution >= 4 is 5.96 Å². The SMILES string of the molecule is CC(OCCCN=C(N)N1CCOCC1)c1ccccc1. The topological polar surface area (TPSA) is 60.1 Å². The van der Waals surface area contributed by atoms with Gasteiger partial charge in [-0.2, -0.15) is 0 Å². The number of benzene rings is 1. The van der Waals surface area contributed by atoms with Gasteiger partial charge in [-0.15, -0.1) is 0 Å². The van der Waals surface area contributed by atoms with Gasteiger partial charge in [0.15, 0.2) is 5.96 Å². The smallest absolute Gasteiger partial charge is 0.191 e. The highest BCUT2D eigenvalue weighted by Crippen LogP contribution is 2.15. The van der Waals surface area contributed by atoms with Crippen molar-refractivity contribution in [1.82, 2.24) is 4.90 Å². The van der Waals surface area contributed by atoms with Crippen molar-refractivity contribution in [2.45, 2.75) is 19.4 Å². The predicted molar refractivity (Wildman–Crippen MR) is 84.3 cm³/mol. The van der Waals surface area contributed by atoms with Gasteiger partial charge >= 0.3 is 0 Å². The Bertz CT molecular complexity index is 430. The van der Waals surface area contributed by atoms with Crippen LogP contribution >= 0.6 is 0 Å². The predicted octanol–water partition coefficient (Wildman–Crippen LogP) is 1.80. The molecule has 1 aliphatic heterocycles. The van der Waals surface area contributed by atoms with Gasteiger partial charge < -0.3 is 20.1 Å². The normalized spacial score (nSPS) is 17.8. The van der Waals surface area contributed by atoms with Gasteiger partial charge in [-0.3, -0.25) is 4.99 Å². The summed E-state index contributed by atoms with van der Waals surface area (Å²) in [7, 11) is 0. The van der Waals surface area contributed by atoms with E-state index in [9.17, 15) is 0 Å². The molecule has 1 aliphatic rings. The molecule has 1 heterocycles. The molecule has 0 aliphatic carbocycles. The number of ether oxygens (including phenoxy) is 2. The minimum Gasteiger partial charge on any atom is -0.378 e. The maximum absolute atomic E-state index is 5.96. The molecule has 1 aromatic rings. The van der Waals surface area contributed by atoms with Crippen LogP contribution in [0, 0.1) is 0 Å². The highest BCUT2D eigenvalue weighted by molar-refractivity contribution is 5.78. The van der Waals surface area contributed by atoms with Gasteiger partial charge in [0.1, 0.15) is 0 Å². The molecule has 0 spiro atoms. The van der Waals surface area contributed by atoms with E-state index >= 15 is 0 Å². The molecule has 1 unspecified atom stereocenters. The third kappa shape index (κ3) is 5.36. The highest BCUT2D eigenvalue weighted by Gasteiger charge is 2.11. The van der Waals surface area contributed by atoms with Gasteiger partial charge in [-0.25, -0.2) is 0 Å². The minimum absolute atomic E-state index is 0.117. The number of rotatable bonds is 6. The van der Waals surface area contributed by atoms with Crippen molar-refractivity contribution in [3.05, 3.63) is 35.9 Å². The Balaban J connectivity index is 1.63. The summed E-state index contributed by atoms with van der Waals surface area (Å²) < 4.78 is 11.1. The lowest BCUT2D eigenvalue weighted by Gasteiger charge is -2.27. The number of nitrogens with zero attached hydrogens (tertiary/aromatic N) is 2. The molecule has 0 bridgehead atoms. The lowest BCUT2D eigenvalue weighted by molar-refractivity contribution is 0.0641. The van der Waals surface area contributed by atoms with Crippen LogP contribution in [0.1, 0.15) is 25.0 Å². The summed E-state index contributed by atoms with van der Waals surface area (Å²) >= 11 is 0. The summed E-state index contributed by atoms with van der Waals surface area (Å²) in [6.07, 6.45) is 0.995. The zero-order valence-corrected chi connectivity index (χ0v) is 12.7. The second-order valence-corrected chi connectivity index (χ2v) is 5.12. The second-order valence-electron chi connectivity index (χ2n) is 5.12. The summed E-state index contributed by atoms with van der Waals surface area (Å²) in [6.45, 7) is 6.58. The Labute approximate surface area is 126 Å². The fraction of sp³-hybridized carbons (Fsp3) is 0.562. The minimum atomic E-state index is 0.117. The molecule has 2 N–H and O–H groups in total. The van der Waals surface area contributed by atoms with Crippen molar-refractivity contribution < 1.29 is 9.47 Å². The lowest BCUT2D eigenvalue weighted by Crippen LogP contribution is -2.44. The van der Waals surface area contributed by atoms with Crippen LogP contribution < -0.4 is 5.73 Å². The third-order valence-corrected chi connectivity index (χ3v) is 3.55. The molecule has 0 aromatic heterocycles. The summed E-state index contributed by atoms with van der Waals surface area (Å²) in [5.74, 6) is 0.620. The van der Waals surface area contributed by atoms with E-state index < -0.39 is 0 Å². The largest absolute Gasteiger partial charge is 0.378 e. The maximum atomic E-state index is 5.96. The number of nitrogens with two attached hydrogens (primary N) is 1. The van der Waals surface area contributed by atoms with E-state index in [0.717, 1.165) is 32.7 Å². The first-order valence-corrected chi connectivity index (χ1v) is 7.56. The number of hydrogen-bond acceptors (Lipinski definition) is 3. The van der Waals surface area contributed by atoms with E-state index in [2.05, 4.69) is 28.9 Å². The van der Waals surface area contributed by atoms with Gasteiger partial charge in [-0.05, 0) is 18.9 Å². The van der Waals surface area contributed by atoms with E-state index in [1.54, 1.807) is 0 Å². The average molecular weight is 291 g/mol. The Morgan fingerprint density at radius 3 is 2.76 bits per heavy atom. The molecule has 1 fully saturated rings. The van der Waals surface area contributed by atoms with Crippen molar-refractivity contribution in [3.63, 3.8) is 0 Å². The quantitative estimate of drug-likeness (QED) is 0.493. The van der Waals surface area contributed by atoms with E-state index in [4.69, 9.17) is 15.2 Å². The molecule has 116 valence electrons. The van der Waals surface area contributed by atoms with Crippen molar-refractivity contribution in [3.8, 4) is 0 Å². The van der Waals surface area contributed by atoms with Crippen LogP contribution in [0.15, 0.2) is 35.3 Å². The fourth-order valence-electron chi connectivity index (χ4n) is 2.23. The van der Waals surface area contributed by atoms with E-state index in [0.29, 0.717) is 19.1 Å². The van der Waals surface area contributed by atoms with Crippen LogP contribution in [0.4, 0.5) is 0 Å². The van der Waals surface area contributed by atoms with Gasteiger partial charge in [0.2, 0.25) is 0 Å². The Kier molecular flexibility index (Phi) is 6.50. The summed E-state index contributed by atoms with van der Waals surface area (Å²) in [5.41, 5.74) is 7.16. The van der Waals surface area contributed by atoms with Crippen LogP contribution in [0.2, 0.25) is 0 Å². The number of aliphatic imine (C=N–C) groups is 1. The first-order chi connectivity index (χ1) is 10.3. The summed E-state index contributed by atoms with van der Waals surface area (Å²) in [5, 5.41) is 0. The van der Waals surface area contributed by atoms with Crippen molar-refractivity contribution in [1.29, 1.82) is 0 Å². The average Bonchev–Trinajstić information content (AvgIpc) is 2.55. The molecule has 0 saturated carbocycles. The second kappa shape index (κ2) is 8.64. The van der Waals surface area contributed by atoms with Gasteiger partial charge in [0.05, 0.1) is 19.3 Å². The van der Waals surface area contributed by atoms with Gasteiger partial charge in [0, 0.05) is 26.2 Å². The molecule has 5 nitrogen and oxygen atoms in total. The van der Waals surface area contributed by atoms with Crippen LogP contribution in [-0.2, 0) is 9.47 Å². The number of guanidine groups is 1. The molecule has 0 radical (unpaired) electrons. The highest BCUT2D eigenvalue weighted by atomic mass is 16.5. The molecule has 1 atom stereocenters. The van der Waals surface area contributed by atoms with Crippen LogP contribution in [0.5, 0.6) is 0 Å². The van der Waals surface area contributed by atoms with Gasteiger partial charge in [0.25, 0.3) is 0 Å². The van der Waals surface area contributed by atoms with Crippen molar-refractivity contribution in [2.24, 2.45) is 10.7 Å². The van der Waals surface area contributed by atoms with Crippen LogP contribution in [0.25, 0.3) is 0 Å². The number of hydrogen-bond donors (Lipinski definition) is 1. The van der Waals surface area contributed by atoms with Crippen molar-refractivity contribution in [2.75, 3.05) is 39.5 Å². The molecule has 2 rings (SSSR count). The van der Waals surface area contributed by atoms with Crippen LogP contribution in [0.3, 0.4) is 0 Å². The molecule has 1 aromatic carbocycles. The van der Waals surface area contributed by atoms with Gasteiger partial charge in [-0.1, -0.05) is 30.3 Å². The maximum Gasteiger partial charge on any atom is 0.191 e. The molecule has 21 heavy (non-hydrogen) atoms. The Hall–Kier alpha value is -1.59. The summed E-state index contributed by atoms with van der Waals surface area (Å²) in [4.78, 5) is 6.47. The monoisotopic (exact) mass is 291 g/mol. The zero-order chi connectivity index (χ0) is 14.9. The number of morpholine rings is 1. The van der Waals surface area contributed by atoms with E-state index in [1.807, 2.05) is 18.2 Å². The van der Waals surface area contributed by atoms with E-state index in [-0.39, 0.29) is 6.10 Å². The Morgan fingerprint density at radius 1 is 1.33 bits per heavy atom. The summed E-state index contributed by atoms with van der Waals surface area (Å²) in [6, 6.07) is 10.2. The van der Waals surface area contributed by atoms with E-state index in [1.165, 1.54) is 5.56 Å². The first kappa shape index (κ1) is 15.8. The van der Waals surface area contributed by atoms with Crippen LogP contribution in [-0.4, -0.2) is 50.3 Å². The zero-order valence-electron chi connectivity index (χ0n) is 12.7. The molecular formula is C16H25N3O2. The molecule has 5 heteroatoms. The Morgan fingerprint density at radius 2 is 2.05 bits per heavy atom. The molecule has 0 amide bonds. The standard InChI is InChI=1S/C16H25N3O2/c1-14(15-6-3-2-4-7-15)21-11-5-8-18-16(17)19-9-12-20-13-10-19/h2-4,6-7,14H,5,8-13H2,1H3,(H2,17,18). The fourth-order valence-corrected chi connectivity index (χ4v) is 2.23. The first-order valence-electron chi connectivity index (χ1n) is 7.56.